The number of hydrogen-bond acceptors (Lipinski definition) is 4. The van der Waals surface area contributed by atoms with E-state index in [-0.39, 0.29) is 36.8 Å². The molecule has 0 aliphatic heterocycles. The van der Waals surface area contributed by atoms with Gasteiger partial charge in [0.1, 0.15) is 5.82 Å². The lowest BCUT2D eigenvalue weighted by atomic mass is 9.86. The van der Waals surface area contributed by atoms with Crippen LogP contribution in [0.1, 0.15) is 37.4 Å². The molecule has 0 atom stereocenters. The summed E-state index contributed by atoms with van der Waals surface area (Å²) in [5.41, 5.74) is 0. The molecule has 0 saturated heterocycles. The summed E-state index contributed by atoms with van der Waals surface area (Å²) >= 11 is 0. The van der Waals surface area contributed by atoms with Gasteiger partial charge in [-0.25, -0.2) is 22.3 Å². The summed E-state index contributed by atoms with van der Waals surface area (Å²) < 4.78 is 49.7. The zero-order valence-electron chi connectivity index (χ0n) is 9.81. The van der Waals surface area contributed by atoms with Crippen LogP contribution in [-0.4, -0.2) is 29.1 Å². The maximum absolute atomic E-state index is 13.0. The van der Waals surface area contributed by atoms with Crippen LogP contribution in [0.2, 0.25) is 0 Å². The van der Waals surface area contributed by atoms with Gasteiger partial charge in [0.2, 0.25) is 5.92 Å². The summed E-state index contributed by atoms with van der Waals surface area (Å²) in [6, 6.07) is 0. The van der Waals surface area contributed by atoms with Crippen molar-refractivity contribution in [2.75, 3.05) is 0 Å². The topological polar surface area (TPSA) is 90.9 Å². The zero-order valence-corrected chi connectivity index (χ0v) is 10.6. The van der Waals surface area contributed by atoms with Crippen LogP contribution in [0.25, 0.3) is 0 Å². The predicted molar refractivity (Wildman–Crippen MR) is 58.5 cm³/mol. The lowest BCUT2D eigenvalue weighted by Gasteiger charge is -2.27. The van der Waals surface area contributed by atoms with E-state index in [1.165, 1.54) is 11.6 Å². The smallest absolute Gasteiger partial charge is 0.273 e. The number of nitrogens with zero attached hydrogens (tertiary/aromatic N) is 3. The Morgan fingerprint density at radius 2 is 1.89 bits per heavy atom. The van der Waals surface area contributed by atoms with Gasteiger partial charge in [-0.1, -0.05) is 0 Å². The van der Waals surface area contributed by atoms with Gasteiger partial charge in [-0.15, -0.1) is 10.2 Å². The van der Waals surface area contributed by atoms with E-state index in [1.807, 2.05) is 0 Å². The number of hydrogen-bond donors (Lipinski definition) is 1. The number of nitrogens with two attached hydrogens (primary N) is 1. The first kappa shape index (κ1) is 13.3. The van der Waals surface area contributed by atoms with Crippen LogP contribution < -0.4 is 5.14 Å². The summed E-state index contributed by atoms with van der Waals surface area (Å²) in [4.78, 5) is 0. The van der Waals surface area contributed by atoms with E-state index >= 15 is 0 Å². The molecule has 1 aromatic heterocycles. The molecular formula is C9H14F2N4O2S. The highest BCUT2D eigenvalue weighted by Gasteiger charge is 2.37. The van der Waals surface area contributed by atoms with Gasteiger partial charge in [0.25, 0.3) is 15.2 Å². The van der Waals surface area contributed by atoms with E-state index in [1.54, 1.807) is 0 Å². The summed E-state index contributed by atoms with van der Waals surface area (Å²) in [6.07, 6.45) is 0.109. The van der Waals surface area contributed by atoms with E-state index in [4.69, 9.17) is 5.14 Å². The minimum Gasteiger partial charge on any atom is -0.304 e. The number of primary sulfonamides is 1. The Kier molecular flexibility index (Phi) is 3.14. The molecule has 0 radical (unpaired) electrons. The quantitative estimate of drug-likeness (QED) is 0.865. The molecule has 1 aliphatic rings. The van der Waals surface area contributed by atoms with Crippen molar-refractivity contribution >= 4 is 10.0 Å². The third-order valence-corrected chi connectivity index (χ3v) is 4.07. The lowest BCUT2D eigenvalue weighted by Crippen LogP contribution is -2.25. The van der Waals surface area contributed by atoms with Gasteiger partial charge in [-0.05, 0) is 12.8 Å². The van der Waals surface area contributed by atoms with Crippen molar-refractivity contribution in [3.8, 4) is 0 Å². The standard InChI is InChI=1S/C9H14F2N4O2S/c1-15-7(13-14-8(15)18(12,16)17)6-2-4-9(10,11)5-3-6/h6H,2-5H2,1H3,(H2,12,16,17). The maximum atomic E-state index is 13.0. The molecule has 1 aliphatic carbocycles. The van der Waals surface area contributed by atoms with Gasteiger partial charge < -0.3 is 4.57 Å². The fraction of sp³-hybridized carbons (Fsp3) is 0.778. The Balaban J connectivity index is 2.24. The molecule has 0 aromatic carbocycles. The van der Waals surface area contributed by atoms with E-state index in [9.17, 15) is 17.2 Å². The fourth-order valence-corrected chi connectivity index (χ4v) is 2.86. The lowest BCUT2D eigenvalue weighted by molar-refractivity contribution is -0.0390. The number of halogens is 2. The summed E-state index contributed by atoms with van der Waals surface area (Å²) in [7, 11) is -2.46. The molecule has 9 heteroatoms. The Morgan fingerprint density at radius 3 is 2.33 bits per heavy atom. The molecule has 102 valence electrons. The highest BCUT2D eigenvalue weighted by Crippen LogP contribution is 2.40. The molecule has 1 aromatic rings. The van der Waals surface area contributed by atoms with Gasteiger partial charge >= 0.3 is 0 Å². The Morgan fingerprint density at radius 1 is 1.33 bits per heavy atom. The van der Waals surface area contributed by atoms with Gasteiger partial charge in [0.05, 0.1) is 0 Å². The first-order chi connectivity index (χ1) is 8.21. The molecule has 0 unspecified atom stereocenters. The zero-order chi connectivity index (χ0) is 13.6. The second-order valence-corrected chi connectivity index (χ2v) is 6.03. The largest absolute Gasteiger partial charge is 0.304 e. The van der Waals surface area contributed by atoms with Crippen molar-refractivity contribution in [2.45, 2.75) is 42.7 Å². The minimum absolute atomic E-state index is 0.197. The maximum Gasteiger partial charge on any atom is 0.273 e. The van der Waals surface area contributed by atoms with Crippen molar-refractivity contribution in [3.63, 3.8) is 0 Å². The number of aromatic nitrogens is 3. The van der Waals surface area contributed by atoms with Crippen LogP contribution in [0.4, 0.5) is 8.78 Å². The van der Waals surface area contributed by atoms with Crippen LogP contribution >= 0.6 is 0 Å². The summed E-state index contributed by atoms with van der Waals surface area (Å²) in [6.45, 7) is 0. The highest BCUT2D eigenvalue weighted by atomic mass is 32.2. The van der Waals surface area contributed by atoms with Gasteiger partial charge in [-0.3, -0.25) is 0 Å². The monoisotopic (exact) mass is 280 g/mol. The Bertz CT molecular complexity index is 545. The molecule has 6 nitrogen and oxygen atoms in total. The Labute approximate surface area is 103 Å². The van der Waals surface area contributed by atoms with E-state index in [2.05, 4.69) is 10.2 Å². The molecule has 1 fully saturated rings. The van der Waals surface area contributed by atoms with Crippen molar-refractivity contribution in [2.24, 2.45) is 12.2 Å². The average molecular weight is 280 g/mol. The summed E-state index contributed by atoms with van der Waals surface area (Å²) in [5.74, 6) is -2.43. The fourth-order valence-electron chi connectivity index (χ4n) is 2.23. The van der Waals surface area contributed by atoms with Crippen LogP contribution in [0.15, 0.2) is 5.16 Å². The summed E-state index contributed by atoms with van der Waals surface area (Å²) in [5, 5.41) is 11.9. The van der Waals surface area contributed by atoms with Crippen molar-refractivity contribution in [1.29, 1.82) is 0 Å². The van der Waals surface area contributed by atoms with E-state index < -0.39 is 15.9 Å². The first-order valence-electron chi connectivity index (χ1n) is 5.51. The average Bonchev–Trinajstić information content (AvgIpc) is 2.60. The van der Waals surface area contributed by atoms with Gasteiger partial charge in [-0.2, -0.15) is 0 Å². The second kappa shape index (κ2) is 4.23. The van der Waals surface area contributed by atoms with Crippen LogP contribution in [0.3, 0.4) is 0 Å². The van der Waals surface area contributed by atoms with Crippen LogP contribution in [0, 0.1) is 0 Å². The molecular weight excluding hydrogens is 266 g/mol. The molecule has 0 amide bonds. The molecule has 1 heterocycles. The molecule has 0 spiro atoms. The van der Waals surface area contributed by atoms with Crippen molar-refractivity contribution in [3.05, 3.63) is 5.82 Å². The SMILES string of the molecule is Cn1c(C2CCC(F)(F)CC2)nnc1S(N)(=O)=O. The van der Waals surface area contributed by atoms with Gasteiger partial charge in [0, 0.05) is 25.8 Å². The molecule has 2 rings (SSSR count). The van der Waals surface area contributed by atoms with E-state index in [0.717, 1.165) is 0 Å². The molecule has 0 bridgehead atoms. The van der Waals surface area contributed by atoms with Gasteiger partial charge in [0.15, 0.2) is 0 Å². The Hall–Kier alpha value is -1.09. The minimum atomic E-state index is -3.93. The normalized spacial score (nSPS) is 21.1. The number of sulfonamides is 1. The second-order valence-electron chi connectivity index (χ2n) is 4.58. The highest BCUT2D eigenvalue weighted by molar-refractivity contribution is 7.89. The number of rotatable bonds is 2. The third-order valence-electron chi connectivity index (χ3n) is 3.21. The van der Waals surface area contributed by atoms with Crippen LogP contribution in [0.5, 0.6) is 0 Å². The van der Waals surface area contributed by atoms with Crippen molar-refractivity contribution < 1.29 is 17.2 Å². The van der Waals surface area contributed by atoms with Crippen LogP contribution in [-0.2, 0) is 17.1 Å². The predicted octanol–water partition coefficient (Wildman–Crippen LogP) is 0.755. The van der Waals surface area contributed by atoms with E-state index in [0.29, 0.717) is 5.82 Å². The number of alkyl halides is 2. The van der Waals surface area contributed by atoms with Crippen molar-refractivity contribution in [1.82, 2.24) is 14.8 Å². The third kappa shape index (κ3) is 2.51. The molecule has 1 saturated carbocycles. The molecule has 18 heavy (non-hydrogen) atoms. The molecule has 2 N–H and O–H groups in total. The first-order valence-corrected chi connectivity index (χ1v) is 7.05.